The van der Waals surface area contributed by atoms with Crippen LogP contribution in [0.2, 0.25) is 0 Å². The van der Waals surface area contributed by atoms with E-state index >= 15 is 0 Å². The van der Waals surface area contributed by atoms with Crippen molar-refractivity contribution in [1.29, 1.82) is 0 Å². The summed E-state index contributed by atoms with van der Waals surface area (Å²) in [5, 5.41) is 7.51. The first-order chi connectivity index (χ1) is 13.9. The largest absolute Gasteiger partial charge is 0.496 e. The third kappa shape index (κ3) is 3.67. The topological polar surface area (TPSA) is 36.5 Å². The lowest BCUT2D eigenvalue weighted by molar-refractivity contribution is 0.303. The zero-order valence-electron chi connectivity index (χ0n) is 17.8. The quantitative estimate of drug-likeness (QED) is 0.719. The molecule has 0 radical (unpaired) electrons. The van der Waals surface area contributed by atoms with E-state index in [-0.39, 0.29) is 5.41 Å². The second kappa shape index (κ2) is 8.05. The van der Waals surface area contributed by atoms with Gasteiger partial charge in [-0.05, 0) is 50.4 Å². The lowest BCUT2D eigenvalue weighted by atomic mass is 9.85. The lowest BCUT2D eigenvalue weighted by Gasteiger charge is -2.34. The van der Waals surface area contributed by atoms with Crippen LogP contribution in [-0.4, -0.2) is 31.7 Å². The number of nitrogens with zero attached hydrogens (tertiary/aromatic N) is 1. The Balaban J connectivity index is 1.58. The number of hydrogen-bond donors (Lipinski definition) is 2. The van der Waals surface area contributed by atoms with Gasteiger partial charge in [-0.15, -0.1) is 0 Å². The Hall–Kier alpha value is -1.95. The fourth-order valence-corrected chi connectivity index (χ4v) is 4.93. The standard InChI is InChI=1S/C24H31N3OS/c1-24(2)18-13-17(21(28-4)14-20(18)27(3)23(24)29)15-26-19-11-8-12-25-22(19)16-9-6-5-7-10-16/h5-7,9-10,13-14,19,22,25-26H,8,11-12,15H2,1-4H3/t19-,22-/m0/s1. The molecule has 0 amide bonds. The van der Waals surface area contributed by atoms with Crippen LogP contribution in [0.4, 0.5) is 5.69 Å². The van der Waals surface area contributed by atoms with Crippen LogP contribution in [0.1, 0.15) is 49.4 Å². The molecular formula is C24H31N3OS. The van der Waals surface area contributed by atoms with Crippen LogP contribution >= 0.6 is 12.2 Å². The molecule has 4 rings (SSSR count). The Kier molecular flexibility index (Phi) is 5.65. The Morgan fingerprint density at radius 3 is 2.72 bits per heavy atom. The normalized spacial score (nSPS) is 23.2. The van der Waals surface area contributed by atoms with E-state index in [1.807, 2.05) is 7.05 Å². The summed E-state index contributed by atoms with van der Waals surface area (Å²) >= 11 is 5.70. The summed E-state index contributed by atoms with van der Waals surface area (Å²) < 4.78 is 5.75. The van der Waals surface area contributed by atoms with Crippen LogP contribution in [0, 0.1) is 0 Å². The summed E-state index contributed by atoms with van der Waals surface area (Å²) in [5.41, 5.74) is 4.83. The summed E-state index contributed by atoms with van der Waals surface area (Å²) in [6.45, 7) is 6.26. The molecule has 2 N–H and O–H groups in total. The Labute approximate surface area is 179 Å². The Morgan fingerprint density at radius 2 is 2.00 bits per heavy atom. The molecule has 0 spiro atoms. The van der Waals surface area contributed by atoms with Crippen molar-refractivity contribution < 1.29 is 4.74 Å². The van der Waals surface area contributed by atoms with Gasteiger partial charge in [-0.3, -0.25) is 0 Å². The number of piperidine rings is 1. The highest BCUT2D eigenvalue weighted by Gasteiger charge is 2.39. The van der Waals surface area contributed by atoms with Gasteiger partial charge in [0.1, 0.15) is 5.75 Å². The minimum atomic E-state index is -0.139. The number of benzene rings is 2. The summed E-state index contributed by atoms with van der Waals surface area (Å²) in [6, 6.07) is 15.9. The van der Waals surface area contributed by atoms with Gasteiger partial charge in [0, 0.05) is 48.4 Å². The van der Waals surface area contributed by atoms with Crippen molar-refractivity contribution in [2.45, 2.75) is 50.7 Å². The first kappa shape index (κ1) is 20.3. The molecule has 154 valence electrons. The number of likely N-dealkylation sites (N-methyl/N-ethyl adjacent to an activating group) is 1. The molecule has 2 aliphatic rings. The first-order valence-corrected chi connectivity index (χ1v) is 10.9. The third-order valence-corrected chi connectivity index (χ3v) is 7.23. The zero-order valence-corrected chi connectivity index (χ0v) is 18.6. The highest BCUT2D eigenvalue weighted by Crippen LogP contribution is 2.44. The summed E-state index contributed by atoms with van der Waals surface area (Å²) in [5.74, 6) is 0.920. The first-order valence-electron chi connectivity index (χ1n) is 10.4. The highest BCUT2D eigenvalue weighted by atomic mass is 32.1. The SMILES string of the molecule is COc1cc2c(cc1CN[C@H]1CCCN[C@H]1c1ccccc1)C(C)(C)C(=S)N2C. The molecule has 1 fully saturated rings. The fraction of sp³-hybridized carbons (Fsp3) is 0.458. The van der Waals surface area contributed by atoms with Crippen molar-refractivity contribution in [3.63, 3.8) is 0 Å². The van der Waals surface area contributed by atoms with Gasteiger partial charge in [-0.2, -0.15) is 0 Å². The van der Waals surface area contributed by atoms with Gasteiger partial charge < -0.3 is 20.3 Å². The number of fused-ring (bicyclic) bond motifs is 1. The van der Waals surface area contributed by atoms with Crippen LogP contribution in [0.3, 0.4) is 0 Å². The van der Waals surface area contributed by atoms with Gasteiger partial charge in [-0.1, -0.05) is 42.5 Å². The van der Waals surface area contributed by atoms with E-state index in [1.54, 1.807) is 7.11 Å². The maximum Gasteiger partial charge on any atom is 0.125 e. The Bertz CT molecular complexity index is 896. The Morgan fingerprint density at radius 1 is 1.24 bits per heavy atom. The van der Waals surface area contributed by atoms with Gasteiger partial charge in [0.25, 0.3) is 0 Å². The van der Waals surface area contributed by atoms with Crippen molar-refractivity contribution in [1.82, 2.24) is 10.6 Å². The van der Waals surface area contributed by atoms with Gasteiger partial charge in [0.15, 0.2) is 0 Å². The fourth-order valence-electron chi connectivity index (χ4n) is 4.72. The molecule has 2 aromatic carbocycles. The number of ether oxygens (including phenoxy) is 1. The number of methoxy groups -OCH3 is 1. The molecule has 1 saturated heterocycles. The van der Waals surface area contributed by atoms with E-state index in [0.717, 1.165) is 35.9 Å². The molecule has 2 aromatic rings. The molecule has 0 aromatic heterocycles. The molecule has 4 nitrogen and oxygen atoms in total. The average molecular weight is 410 g/mol. The number of rotatable bonds is 5. The monoisotopic (exact) mass is 409 g/mol. The van der Waals surface area contributed by atoms with Crippen molar-refractivity contribution in [2.75, 3.05) is 25.6 Å². The number of anilines is 1. The van der Waals surface area contributed by atoms with Crippen molar-refractivity contribution in [3.05, 3.63) is 59.2 Å². The number of thiocarbonyl (C=S) groups is 1. The second-order valence-electron chi connectivity index (χ2n) is 8.64. The van der Waals surface area contributed by atoms with E-state index in [2.05, 4.69) is 71.8 Å². The molecule has 0 saturated carbocycles. The molecule has 2 heterocycles. The zero-order chi connectivity index (χ0) is 20.6. The molecule has 29 heavy (non-hydrogen) atoms. The van der Waals surface area contributed by atoms with Gasteiger partial charge >= 0.3 is 0 Å². The molecule has 0 aliphatic carbocycles. The van der Waals surface area contributed by atoms with Crippen LogP contribution in [0.5, 0.6) is 5.75 Å². The van der Waals surface area contributed by atoms with Crippen LogP contribution in [0.15, 0.2) is 42.5 Å². The summed E-state index contributed by atoms with van der Waals surface area (Å²) in [4.78, 5) is 3.07. The summed E-state index contributed by atoms with van der Waals surface area (Å²) in [7, 11) is 3.80. The van der Waals surface area contributed by atoms with Gasteiger partial charge in [-0.25, -0.2) is 0 Å². The van der Waals surface area contributed by atoms with Crippen molar-refractivity contribution >= 4 is 22.9 Å². The van der Waals surface area contributed by atoms with Crippen LogP contribution in [-0.2, 0) is 12.0 Å². The second-order valence-corrected chi connectivity index (χ2v) is 9.03. The van der Waals surface area contributed by atoms with E-state index in [4.69, 9.17) is 17.0 Å². The van der Waals surface area contributed by atoms with E-state index in [0.29, 0.717) is 12.1 Å². The maximum atomic E-state index is 5.75. The molecule has 0 bridgehead atoms. The van der Waals surface area contributed by atoms with E-state index in [1.165, 1.54) is 23.1 Å². The summed E-state index contributed by atoms with van der Waals surface area (Å²) in [6.07, 6.45) is 2.35. The predicted octanol–water partition coefficient (Wildman–Crippen LogP) is 4.33. The van der Waals surface area contributed by atoms with E-state index < -0.39 is 0 Å². The highest BCUT2D eigenvalue weighted by molar-refractivity contribution is 7.80. The third-order valence-electron chi connectivity index (χ3n) is 6.44. The van der Waals surface area contributed by atoms with Crippen LogP contribution in [0.25, 0.3) is 0 Å². The lowest BCUT2D eigenvalue weighted by Crippen LogP contribution is -2.45. The number of nitrogens with one attached hydrogen (secondary N) is 2. The molecular weight excluding hydrogens is 378 g/mol. The van der Waals surface area contributed by atoms with Crippen LogP contribution < -0.4 is 20.3 Å². The smallest absolute Gasteiger partial charge is 0.125 e. The minimum Gasteiger partial charge on any atom is -0.496 e. The molecule has 2 aliphatic heterocycles. The predicted molar refractivity (Wildman–Crippen MR) is 124 cm³/mol. The van der Waals surface area contributed by atoms with Crippen molar-refractivity contribution in [2.24, 2.45) is 0 Å². The minimum absolute atomic E-state index is 0.139. The molecule has 2 atom stereocenters. The van der Waals surface area contributed by atoms with Crippen molar-refractivity contribution in [3.8, 4) is 5.75 Å². The van der Waals surface area contributed by atoms with Gasteiger partial charge in [0.05, 0.1) is 12.1 Å². The van der Waals surface area contributed by atoms with Gasteiger partial charge in [0.2, 0.25) is 0 Å². The molecule has 0 unspecified atom stereocenters. The maximum absolute atomic E-state index is 5.75. The number of hydrogen-bond acceptors (Lipinski definition) is 4. The average Bonchev–Trinajstić information content (AvgIpc) is 2.92. The molecule has 5 heteroatoms. The van der Waals surface area contributed by atoms with E-state index in [9.17, 15) is 0 Å².